The molecular formula is C10H17NO5. The molecule has 1 N–H and O–H groups in total. The van der Waals surface area contributed by atoms with E-state index < -0.39 is 24.1 Å². The molecule has 0 spiro atoms. The van der Waals surface area contributed by atoms with Gasteiger partial charge in [0.15, 0.2) is 11.9 Å². The van der Waals surface area contributed by atoms with Crippen LogP contribution in [0.4, 0.5) is 4.79 Å². The summed E-state index contributed by atoms with van der Waals surface area (Å²) in [7, 11) is 3.09. The van der Waals surface area contributed by atoms with Crippen molar-refractivity contribution < 1.29 is 23.7 Å². The van der Waals surface area contributed by atoms with Gasteiger partial charge in [0, 0.05) is 14.2 Å². The number of amides is 1. The van der Waals surface area contributed by atoms with Crippen molar-refractivity contribution in [2.45, 2.75) is 44.0 Å². The smallest absolute Gasteiger partial charge is 0.408 e. The van der Waals surface area contributed by atoms with Crippen LogP contribution < -0.4 is 5.32 Å². The highest BCUT2D eigenvalue weighted by Gasteiger charge is 2.60. The Kier molecular flexibility index (Phi) is 2.81. The highest BCUT2D eigenvalue weighted by Crippen LogP contribution is 2.37. The monoisotopic (exact) mass is 231 g/mol. The quantitative estimate of drug-likeness (QED) is 0.738. The number of hydrogen-bond donors (Lipinski definition) is 1. The Labute approximate surface area is 94.2 Å². The minimum Gasteiger partial charge on any atom is -0.438 e. The Bertz CT molecular complexity index is 297. The third kappa shape index (κ3) is 1.49. The Balaban J connectivity index is 2.31. The molecule has 0 radical (unpaired) electrons. The molecule has 2 rings (SSSR count). The summed E-state index contributed by atoms with van der Waals surface area (Å²) in [5, 5.41) is 2.73. The zero-order valence-electron chi connectivity index (χ0n) is 9.85. The Morgan fingerprint density at radius 1 is 1.38 bits per heavy atom. The maximum absolute atomic E-state index is 11.3. The van der Waals surface area contributed by atoms with Gasteiger partial charge in [0.05, 0.1) is 6.10 Å². The van der Waals surface area contributed by atoms with E-state index in [0.717, 1.165) is 0 Å². The number of alkyl carbamates (subject to hydrolysis) is 1. The normalized spacial score (nSPS) is 47.1. The number of carbonyl (C=O) groups excluding carboxylic acids is 1. The van der Waals surface area contributed by atoms with Gasteiger partial charge in [-0.1, -0.05) is 0 Å². The lowest BCUT2D eigenvalue weighted by Crippen LogP contribution is -2.65. The molecule has 92 valence electrons. The average Bonchev–Trinajstić information content (AvgIpc) is 2.54. The van der Waals surface area contributed by atoms with Crippen molar-refractivity contribution in [1.82, 2.24) is 5.32 Å². The lowest BCUT2D eigenvalue weighted by Gasteiger charge is -2.45. The SMILES string of the molecule is COC1O[C@@H](C)[C@H]2NC(=O)O[C@@]2(C)[C@H]1OC. The fraction of sp³-hybridized carbons (Fsp3) is 0.900. The summed E-state index contributed by atoms with van der Waals surface area (Å²) < 4.78 is 21.5. The maximum Gasteiger partial charge on any atom is 0.408 e. The minimum atomic E-state index is -0.760. The first-order chi connectivity index (χ1) is 7.52. The second kappa shape index (κ2) is 3.87. The van der Waals surface area contributed by atoms with Gasteiger partial charge in [0.1, 0.15) is 12.1 Å². The first-order valence-corrected chi connectivity index (χ1v) is 5.23. The summed E-state index contributed by atoms with van der Waals surface area (Å²) in [5.74, 6) is 0. The van der Waals surface area contributed by atoms with E-state index in [2.05, 4.69) is 5.32 Å². The number of ether oxygens (including phenoxy) is 4. The fourth-order valence-electron chi connectivity index (χ4n) is 2.54. The molecule has 0 aromatic heterocycles. The summed E-state index contributed by atoms with van der Waals surface area (Å²) in [6.45, 7) is 3.70. The maximum atomic E-state index is 11.3. The molecule has 0 saturated carbocycles. The van der Waals surface area contributed by atoms with E-state index >= 15 is 0 Å². The number of fused-ring (bicyclic) bond motifs is 1. The van der Waals surface area contributed by atoms with Gasteiger partial charge in [-0.2, -0.15) is 0 Å². The summed E-state index contributed by atoms with van der Waals surface area (Å²) in [6.07, 6.45) is -1.61. The van der Waals surface area contributed by atoms with Gasteiger partial charge in [0.25, 0.3) is 0 Å². The second-order valence-corrected chi connectivity index (χ2v) is 4.30. The number of rotatable bonds is 2. The van der Waals surface area contributed by atoms with Crippen LogP contribution in [0.3, 0.4) is 0 Å². The topological polar surface area (TPSA) is 66.0 Å². The molecule has 6 nitrogen and oxygen atoms in total. The molecule has 0 aromatic rings. The first kappa shape index (κ1) is 11.6. The lowest BCUT2D eigenvalue weighted by molar-refractivity contribution is -0.283. The van der Waals surface area contributed by atoms with Crippen LogP contribution in [0.5, 0.6) is 0 Å². The highest BCUT2D eigenvalue weighted by atomic mass is 16.7. The van der Waals surface area contributed by atoms with Crippen LogP contribution in [0.1, 0.15) is 13.8 Å². The van der Waals surface area contributed by atoms with Crippen molar-refractivity contribution in [3.8, 4) is 0 Å². The van der Waals surface area contributed by atoms with Gasteiger partial charge in [-0.15, -0.1) is 0 Å². The molecule has 1 amide bonds. The van der Waals surface area contributed by atoms with Gasteiger partial charge in [-0.3, -0.25) is 0 Å². The van der Waals surface area contributed by atoms with Crippen molar-refractivity contribution in [2.24, 2.45) is 0 Å². The van der Waals surface area contributed by atoms with Gasteiger partial charge < -0.3 is 24.3 Å². The van der Waals surface area contributed by atoms with E-state index in [-0.39, 0.29) is 12.1 Å². The number of methoxy groups -OCH3 is 2. The van der Waals surface area contributed by atoms with Gasteiger partial charge in [0.2, 0.25) is 0 Å². The minimum absolute atomic E-state index is 0.187. The standard InChI is InChI=1S/C10H17NO5/c1-5-6-10(2,16-9(12)11-6)7(13-3)8(14-4)15-5/h5-8H,1-4H3,(H,11,12)/t5-,6+,7-,8?,10+/m0/s1. The van der Waals surface area contributed by atoms with Crippen LogP contribution in [-0.2, 0) is 18.9 Å². The molecule has 2 saturated heterocycles. The predicted molar refractivity (Wildman–Crippen MR) is 54.0 cm³/mol. The van der Waals surface area contributed by atoms with Gasteiger partial charge >= 0.3 is 6.09 Å². The van der Waals surface area contributed by atoms with E-state index in [1.165, 1.54) is 7.11 Å². The van der Waals surface area contributed by atoms with Crippen LogP contribution in [0.15, 0.2) is 0 Å². The Hall–Kier alpha value is -0.850. The molecule has 2 aliphatic rings. The van der Waals surface area contributed by atoms with Crippen molar-refractivity contribution in [2.75, 3.05) is 14.2 Å². The van der Waals surface area contributed by atoms with E-state index in [9.17, 15) is 4.79 Å². The molecule has 2 aliphatic heterocycles. The molecule has 0 aromatic carbocycles. The van der Waals surface area contributed by atoms with Crippen molar-refractivity contribution in [3.63, 3.8) is 0 Å². The van der Waals surface area contributed by atoms with Crippen LogP contribution in [0, 0.1) is 0 Å². The van der Waals surface area contributed by atoms with Crippen molar-refractivity contribution in [3.05, 3.63) is 0 Å². The predicted octanol–water partition coefficient (Wildman–Crippen LogP) is 0.260. The summed E-state index contributed by atoms with van der Waals surface area (Å²) >= 11 is 0. The van der Waals surface area contributed by atoms with E-state index in [4.69, 9.17) is 18.9 Å². The molecule has 0 bridgehead atoms. The zero-order valence-corrected chi connectivity index (χ0v) is 9.85. The molecule has 1 unspecified atom stereocenters. The second-order valence-electron chi connectivity index (χ2n) is 4.30. The Morgan fingerprint density at radius 2 is 2.06 bits per heavy atom. The molecule has 2 heterocycles. The largest absolute Gasteiger partial charge is 0.438 e. The van der Waals surface area contributed by atoms with Gasteiger partial charge in [-0.05, 0) is 13.8 Å². The van der Waals surface area contributed by atoms with Crippen LogP contribution in [0.25, 0.3) is 0 Å². The number of nitrogens with one attached hydrogen (secondary N) is 1. The Morgan fingerprint density at radius 3 is 2.62 bits per heavy atom. The molecule has 0 aliphatic carbocycles. The molecule has 2 fully saturated rings. The van der Waals surface area contributed by atoms with Crippen LogP contribution in [-0.4, -0.2) is 50.5 Å². The molecule has 6 heteroatoms. The molecular weight excluding hydrogens is 214 g/mol. The van der Waals surface area contributed by atoms with E-state index in [1.807, 2.05) is 13.8 Å². The van der Waals surface area contributed by atoms with Crippen molar-refractivity contribution in [1.29, 1.82) is 0 Å². The third-order valence-electron chi connectivity index (χ3n) is 3.32. The number of hydrogen-bond acceptors (Lipinski definition) is 5. The third-order valence-corrected chi connectivity index (χ3v) is 3.32. The van der Waals surface area contributed by atoms with Crippen molar-refractivity contribution >= 4 is 6.09 Å². The number of carbonyl (C=O) groups is 1. The summed E-state index contributed by atoms with van der Waals surface area (Å²) in [5.41, 5.74) is -0.760. The molecule has 16 heavy (non-hydrogen) atoms. The lowest BCUT2D eigenvalue weighted by atomic mass is 9.84. The average molecular weight is 231 g/mol. The highest BCUT2D eigenvalue weighted by molar-refractivity contribution is 5.71. The van der Waals surface area contributed by atoms with Crippen LogP contribution >= 0.6 is 0 Å². The van der Waals surface area contributed by atoms with Crippen LogP contribution in [0.2, 0.25) is 0 Å². The summed E-state index contributed by atoms with van der Waals surface area (Å²) in [4.78, 5) is 11.3. The summed E-state index contributed by atoms with van der Waals surface area (Å²) in [6, 6.07) is -0.226. The van der Waals surface area contributed by atoms with E-state index in [0.29, 0.717) is 0 Å². The van der Waals surface area contributed by atoms with Gasteiger partial charge in [-0.25, -0.2) is 4.79 Å². The first-order valence-electron chi connectivity index (χ1n) is 5.23. The fourth-order valence-corrected chi connectivity index (χ4v) is 2.54. The zero-order chi connectivity index (χ0) is 11.9. The van der Waals surface area contributed by atoms with E-state index in [1.54, 1.807) is 7.11 Å². The molecule has 5 atom stereocenters.